The van der Waals surface area contributed by atoms with Gasteiger partial charge < -0.3 is 0 Å². The van der Waals surface area contributed by atoms with Crippen LogP contribution in [-0.2, 0) is 0 Å². The summed E-state index contributed by atoms with van der Waals surface area (Å²) < 4.78 is 0. The Balaban J connectivity index is 1.80. The zero-order chi connectivity index (χ0) is 16.2. The number of hydrazone groups is 1. The maximum atomic E-state index is 12.6. The van der Waals surface area contributed by atoms with Crippen LogP contribution in [0, 0.1) is 0 Å². The Morgan fingerprint density at radius 1 is 1.04 bits per heavy atom. The standard InChI is InChI=1S/C17H16N4O2/c1-13-12-20(19-16(22)14-8-4-2-5-9-14)17(23)21(18-13)15-10-6-3-7-11-15/h2-11H,12H2,1H3,(H,19,22). The largest absolute Gasteiger partial charge is 0.364 e. The number of hydrogen-bond acceptors (Lipinski definition) is 3. The van der Waals surface area contributed by atoms with E-state index < -0.39 is 6.03 Å². The van der Waals surface area contributed by atoms with E-state index in [9.17, 15) is 9.59 Å². The minimum Gasteiger partial charge on any atom is -0.267 e. The van der Waals surface area contributed by atoms with Gasteiger partial charge in [-0.15, -0.1) is 0 Å². The van der Waals surface area contributed by atoms with E-state index in [2.05, 4.69) is 10.5 Å². The summed E-state index contributed by atoms with van der Waals surface area (Å²) in [7, 11) is 0. The van der Waals surface area contributed by atoms with Crippen LogP contribution < -0.4 is 10.4 Å². The summed E-state index contributed by atoms with van der Waals surface area (Å²) in [6.45, 7) is 2.06. The molecule has 0 atom stereocenters. The number of carbonyl (C=O) groups excluding carboxylic acids is 2. The number of anilines is 1. The molecule has 1 heterocycles. The van der Waals surface area contributed by atoms with E-state index >= 15 is 0 Å². The number of carbonyl (C=O) groups is 2. The second-order valence-electron chi connectivity index (χ2n) is 5.16. The molecule has 0 bridgehead atoms. The summed E-state index contributed by atoms with van der Waals surface area (Å²) in [4.78, 5) is 24.8. The number of nitrogens with one attached hydrogen (secondary N) is 1. The van der Waals surface area contributed by atoms with Crippen molar-refractivity contribution in [2.24, 2.45) is 5.10 Å². The van der Waals surface area contributed by atoms with Crippen LogP contribution in [-0.4, -0.2) is 29.2 Å². The van der Waals surface area contributed by atoms with Crippen LogP contribution >= 0.6 is 0 Å². The van der Waals surface area contributed by atoms with Crippen molar-refractivity contribution in [2.75, 3.05) is 11.6 Å². The topological polar surface area (TPSA) is 65.0 Å². The number of urea groups is 1. The third kappa shape index (κ3) is 3.21. The lowest BCUT2D eigenvalue weighted by molar-refractivity contribution is 0.0845. The lowest BCUT2D eigenvalue weighted by Crippen LogP contribution is -2.55. The Morgan fingerprint density at radius 3 is 2.30 bits per heavy atom. The van der Waals surface area contributed by atoms with Gasteiger partial charge in [0.2, 0.25) is 0 Å². The average Bonchev–Trinajstić information content (AvgIpc) is 2.59. The first kappa shape index (κ1) is 14.8. The first-order valence-corrected chi connectivity index (χ1v) is 7.22. The van der Waals surface area contributed by atoms with Crippen molar-refractivity contribution in [1.82, 2.24) is 10.4 Å². The zero-order valence-electron chi connectivity index (χ0n) is 12.6. The van der Waals surface area contributed by atoms with Crippen molar-refractivity contribution >= 4 is 23.3 Å². The molecule has 2 aromatic rings. The first-order chi connectivity index (χ1) is 11.1. The Morgan fingerprint density at radius 2 is 1.65 bits per heavy atom. The smallest absolute Gasteiger partial charge is 0.267 e. The Labute approximate surface area is 134 Å². The molecule has 1 N–H and O–H groups in total. The van der Waals surface area contributed by atoms with Crippen LogP contribution in [0.25, 0.3) is 0 Å². The van der Waals surface area contributed by atoms with E-state index in [4.69, 9.17) is 0 Å². The van der Waals surface area contributed by atoms with E-state index in [0.717, 1.165) is 5.71 Å². The SMILES string of the molecule is CC1=NN(c2ccccc2)C(=O)N(NC(=O)c2ccccc2)C1. The highest BCUT2D eigenvalue weighted by molar-refractivity contribution is 6.03. The molecule has 3 amide bonds. The van der Waals surface area contributed by atoms with Crippen LogP contribution in [0.15, 0.2) is 65.8 Å². The van der Waals surface area contributed by atoms with Crippen molar-refractivity contribution in [2.45, 2.75) is 6.92 Å². The average molecular weight is 308 g/mol. The Bertz CT molecular complexity index is 744. The molecule has 0 saturated heterocycles. The molecule has 1 aliphatic rings. The molecule has 0 radical (unpaired) electrons. The third-order valence-electron chi connectivity index (χ3n) is 3.34. The molecule has 6 heteroatoms. The summed E-state index contributed by atoms with van der Waals surface area (Å²) >= 11 is 0. The fourth-order valence-electron chi connectivity index (χ4n) is 2.26. The first-order valence-electron chi connectivity index (χ1n) is 7.22. The molecule has 0 spiro atoms. The maximum absolute atomic E-state index is 12.6. The molecule has 2 aromatic carbocycles. The molecule has 0 aromatic heterocycles. The summed E-state index contributed by atoms with van der Waals surface area (Å²) in [5.41, 5.74) is 4.50. The lowest BCUT2D eigenvalue weighted by atomic mass is 10.2. The van der Waals surface area contributed by atoms with Gasteiger partial charge in [0.15, 0.2) is 0 Å². The van der Waals surface area contributed by atoms with Crippen molar-refractivity contribution < 1.29 is 9.59 Å². The number of hydrazine groups is 1. The molecule has 0 saturated carbocycles. The Kier molecular flexibility index (Phi) is 4.05. The number of nitrogens with zero attached hydrogens (tertiary/aromatic N) is 3. The highest BCUT2D eigenvalue weighted by Gasteiger charge is 2.29. The molecule has 116 valence electrons. The van der Waals surface area contributed by atoms with Crippen molar-refractivity contribution in [3.05, 3.63) is 66.2 Å². The summed E-state index contributed by atoms with van der Waals surface area (Å²) in [5.74, 6) is -0.332. The highest BCUT2D eigenvalue weighted by atomic mass is 16.2. The Hall–Kier alpha value is -3.15. The fourth-order valence-corrected chi connectivity index (χ4v) is 2.26. The predicted octanol–water partition coefficient (Wildman–Crippen LogP) is 2.65. The van der Waals surface area contributed by atoms with Crippen LogP contribution in [0.2, 0.25) is 0 Å². The summed E-state index contributed by atoms with van der Waals surface area (Å²) in [6, 6.07) is 17.5. The van der Waals surface area contributed by atoms with Gasteiger partial charge in [-0.1, -0.05) is 36.4 Å². The van der Waals surface area contributed by atoms with Gasteiger partial charge in [0, 0.05) is 5.56 Å². The highest BCUT2D eigenvalue weighted by Crippen LogP contribution is 2.18. The molecule has 1 aliphatic heterocycles. The number of hydrogen-bond donors (Lipinski definition) is 1. The van der Waals surface area contributed by atoms with Crippen LogP contribution in [0.3, 0.4) is 0 Å². The van der Waals surface area contributed by atoms with E-state index in [0.29, 0.717) is 11.3 Å². The van der Waals surface area contributed by atoms with Gasteiger partial charge in [-0.05, 0) is 31.2 Å². The molecule has 23 heavy (non-hydrogen) atoms. The molecular formula is C17H16N4O2. The second-order valence-corrected chi connectivity index (χ2v) is 5.16. The van der Waals surface area contributed by atoms with Gasteiger partial charge in [0.05, 0.1) is 17.9 Å². The number of benzene rings is 2. The van der Waals surface area contributed by atoms with Crippen molar-refractivity contribution in [3.8, 4) is 0 Å². The predicted molar refractivity (Wildman–Crippen MR) is 88.0 cm³/mol. The molecule has 0 aliphatic carbocycles. The van der Waals surface area contributed by atoms with Gasteiger partial charge in [-0.3, -0.25) is 10.2 Å². The van der Waals surface area contributed by atoms with Gasteiger partial charge in [0.1, 0.15) is 0 Å². The molecular weight excluding hydrogens is 292 g/mol. The van der Waals surface area contributed by atoms with Crippen molar-refractivity contribution in [1.29, 1.82) is 0 Å². The van der Waals surface area contributed by atoms with Gasteiger partial charge in [-0.25, -0.2) is 9.80 Å². The third-order valence-corrected chi connectivity index (χ3v) is 3.34. The van der Waals surface area contributed by atoms with Crippen molar-refractivity contribution in [3.63, 3.8) is 0 Å². The normalized spacial score (nSPS) is 14.5. The van der Waals surface area contributed by atoms with E-state index in [-0.39, 0.29) is 12.5 Å². The molecule has 6 nitrogen and oxygen atoms in total. The summed E-state index contributed by atoms with van der Waals surface area (Å²) in [5, 5.41) is 6.82. The van der Waals surface area contributed by atoms with E-state index in [1.807, 2.05) is 31.2 Å². The van der Waals surface area contributed by atoms with Crippen LogP contribution in [0.4, 0.5) is 10.5 Å². The van der Waals surface area contributed by atoms with Gasteiger partial charge in [-0.2, -0.15) is 10.1 Å². The molecule has 3 rings (SSSR count). The molecule has 0 fully saturated rings. The van der Waals surface area contributed by atoms with Crippen LogP contribution in [0.1, 0.15) is 17.3 Å². The maximum Gasteiger partial charge on any atom is 0.364 e. The second kappa shape index (κ2) is 6.31. The minimum absolute atomic E-state index is 0.251. The molecule has 0 unspecified atom stereocenters. The monoisotopic (exact) mass is 308 g/mol. The van der Waals surface area contributed by atoms with Crippen LogP contribution in [0.5, 0.6) is 0 Å². The number of rotatable bonds is 3. The van der Waals surface area contributed by atoms with Gasteiger partial charge in [0.25, 0.3) is 5.91 Å². The number of para-hydroxylation sites is 1. The minimum atomic E-state index is -0.397. The quantitative estimate of drug-likeness (QED) is 0.947. The summed E-state index contributed by atoms with van der Waals surface area (Å²) in [6.07, 6.45) is 0. The fraction of sp³-hybridized carbons (Fsp3) is 0.118. The number of amides is 3. The van der Waals surface area contributed by atoms with Gasteiger partial charge >= 0.3 is 6.03 Å². The van der Waals surface area contributed by atoms with E-state index in [1.165, 1.54) is 10.0 Å². The lowest BCUT2D eigenvalue weighted by Gasteiger charge is -2.32. The van der Waals surface area contributed by atoms with E-state index in [1.54, 1.807) is 36.4 Å². The zero-order valence-corrected chi connectivity index (χ0v) is 12.6.